The van der Waals surface area contributed by atoms with E-state index < -0.39 is 5.91 Å². The number of hydrogen-bond donors (Lipinski definition) is 3. The number of aromatic nitrogens is 4. The first kappa shape index (κ1) is 25.5. The Bertz CT molecular complexity index is 1340. The van der Waals surface area contributed by atoms with Crippen molar-refractivity contribution in [3.05, 3.63) is 47.0 Å². The maximum absolute atomic E-state index is 14.3. The summed E-state index contributed by atoms with van der Waals surface area (Å²) >= 11 is 2.64. The number of hydrogen-bond acceptors (Lipinski definition) is 9. The van der Waals surface area contributed by atoms with E-state index >= 15 is 0 Å². The van der Waals surface area contributed by atoms with Gasteiger partial charge in [-0.05, 0) is 43.3 Å². The first-order chi connectivity index (χ1) is 16.8. The predicted octanol–water partition coefficient (Wildman–Crippen LogP) is 5.09. The molecule has 4 N–H and O–H groups in total. The number of anilines is 1. The number of fused-ring (bicyclic) bond motifs is 1. The fourth-order valence-electron chi connectivity index (χ4n) is 3.67. The first-order valence-corrected chi connectivity index (χ1v) is 13.8. The molecule has 1 amide bonds. The van der Waals surface area contributed by atoms with Crippen LogP contribution in [-0.4, -0.2) is 43.6 Å². The Balaban J connectivity index is 1.76. The number of halogens is 1. The minimum atomic E-state index is -0.466. The van der Waals surface area contributed by atoms with Crippen LogP contribution in [0, 0.1) is 11.7 Å². The van der Waals surface area contributed by atoms with E-state index in [-0.39, 0.29) is 31.9 Å². The summed E-state index contributed by atoms with van der Waals surface area (Å²) in [7, 11) is 0.200. The molecule has 0 saturated carbocycles. The van der Waals surface area contributed by atoms with E-state index in [1.54, 1.807) is 12.3 Å². The third-order valence-electron chi connectivity index (χ3n) is 5.23. The molecule has 0 bridgehead atoms. The van der Waals surface area contributed by atoms with Crippen LogP contribution in [0.15, 0.2) is 35.4 Å². The minimum absolute atomic E-state index is 0.0613. The monoisotopic (exact) mass is 532 g/mol. The number of rotatable bonds is 10. The van der Waals surface area contributed by atoms with Crippen molar-refractivity contribution in [2.75, 3.05) is 11.9 Å². The summed E-state index contributed by atoms with van der Waals surface area (Å²) in [5.41, 5.74) is 7.04. The number of thioether (sulfide) groups is 1. The molecule has 2 unspecified atom stereocenters. The normalized spacial score (nSPS) is 13.5. The average molecular weight is 533 g/mol. The molecular formula is C23H26FN6O2PS2. The van der Waals surface area contributed by atoms with E-state index in [0.29, 0.717) is 48.8 Å². The van der Waals surface area contributed by atoms with Crippen molar-refractivity contribution in [1.82, 2.24) is 19.9 Å². The van der Waals surface area contributed by atoms with Gasteiger partial charge in [0.1, 0.15) is 15.5 Å². The zero-order valence-electron chi connectivity index (χ0n) is 19.4. The molecule has 0 aliphatic carbocycles. The molecule has 4 heterocycles. The second kappa shape index (κ2) is 11.0. The lowest BCUT2D eigenvalue weighted by Gasteiger charge is -2.19. The smallest absolute Gasteiger partial charge is 0.253 e. The van der Waals surface area contributed by atoms with Gasteiger partial charge in [-0.15, -0.1) is 19.5 Å². The lowest BCUT2D eigenvalue weighted by Crippen LogP contribution is -2.26. The number of nitrogens with two attached hydrogens (primary N) is 1. The summed E-state index contributed by atoms with van der Waals surface area (Å²) < 4.78 is 15.0. The molecule has 35 heavy (non-hydrogen) atoms. The van der Waals surface area contributed by atoms with E-state index in [1.807, 2.05) is 18.8 Å². The van der Waals surface area contributed by atoms with E-state index in [9.17, 15) is 14.3 Å². The Morgan fingerprint density at radius 2 is 2.09 bits per heavy atom. The summed E-state index contributed by atoms with van der Waals surface area (Å²) in [6, 6.07) is 4.57. The van der Waals surface area contributed by atoms with Crippen LogP contribution < -0.4 is 11.1 Å². The maximum atomic E-state index is 14.3. The number of aliphatic hydroxyl groups excluding tert-OH is 1. The zero-order valence-corrected chi connectivity index (χ0v) is 22.1. The average Bonchev–Trinajstić information content (AvgIpc) is 3.45. The van der Waals surface area contributed by atoms with Crippen molar-refractivity contribution >= 4 is 53.4 Å². The Morgan fingerprint density at radius 3 is 2.77 bits per heavy atom. The van der Waals surface area contributed by atoms with Crippen molar-refractivity contribution < 1.29 is 14.3 Å². The molecule has 4 rings (SSSR count). The van der Waals surface area contributed by atoms with Crippen LogP contribution in [0.25, 0.3) is 20.9 Å². The fraction of sp³-hybridized carbons (Fsp3) is 0.348. The third-order valence-corrected chi connectivity index (χ3v) is 8.42. The fourth-order valence-corrected chi connectivity index (χ4v) is 6.55. The number of nitrogens with one attached hydrogen (secondary N) is 1. The van der Waals surface area contributed by atoms with Gasteiger partial charge in [-0.25, -0.2) is 19.3 Å². The number of pyridine rings is 1. The van der Waals surface area contributed by atoms with Gasteiger partial charge < -0.3 is 16.2 Å². The van der Waals surface area contributed by atoms with Crippen molar-refractivity contribution in [2.24, 2.45) is 11.7 Å². The number of aliphatic hydroxyl groups is 1. The molecule has 3 atom stereocenters. The largest absolute Gasteiger partial charge is 0.394 e. The van der Waals surface area contributed by atoms with E-state index in [2.05, 4.69) is 34.1 Å². The maximum Gasteiger partial charge on any atom is 0.253 e. The molecule has 0 saturated heterocycles. The van der Waals surface area contributed by atoms with Crippen LogP contribution in [0.4, 0.5) is 10.2 Å². The second-order valence-electron chi connectivity index (χ2n) is 8.44. The lowest BCUT2D eigenvalue weighted by molar-refractivity contribution is 0.100. The molecule has 4 aromatic rings. The van der Waals surface area contributed by atoms with Crippen LogP contribution in [0.2, 0.25) is 0 Å². The molecule has 12 heteroatoms. The SMILES string of the molecule is CC(C)C[C@H](CO)Nc1nc(SC(C)c2ncccc2F)nc2nc(-c3cc[pH]c3C(N)=O)sc12. The molecule has 4 aromatic heterocycles. The molecule has 0 fully saturated rings. The first-order valence-electron chi connectivity index (χ1n) is 11.1. The highest BCUT2D eigenvalue weighted by molar-refractivity contribution is 7.99. The van der Waals surface area contributed by atoms with Crippen molar-refractivity contribution in [1.29, 1.82) is 0 Å². The highest BCUT2D eigenvalue weighted by Crippen LogP contribution is 2.40. The number of carbonyl (C=O) groups excluding carboxylic acids is 1. The second-order valence-corrected chi connectivity index (χ2v) is 11.9. The zero-order chi connectivity index (χ0) is 25.1. The summed E-state index contributed by atoms with van der Waals surface area (Å²) in [6.07, 6.45) is 2.29. The molecule has 0 aliphatic rings. The number of nitrogens with zero attached hydrogens (tertiary/aromatic N) is 4. The van der Waals surface area contributed by atoms with Crippen LogP contribution in [0.5, 0.6) is 0 Å². The van der Waals surface area contributed by atoms with Gasteiger partial charge >= 0.3 is 0 Å². The quantitative estimate of drug-likeness (QED) is 0.190. The highest BCUT2D eigenvalue weighted by Gasteiger charge is 2.22. The predicted molar refractivity (Wildman–Crippen MR) is 141 cm³/mol. The molecule has 0 aliphatic heterocycles. The van der Waals surface area contributed by atoms with Gasteiger partial charge in [0.25, 0.3) is 5.91 Å². The van der Waals surface area contributed by atoms with Crippen LogP contribution in [0.1, 0.15) is 48.2 Å². The van der Waals surface area contributed by atoms with Gasteiger partial charge in [-0.2, -0.15) is 0 Å². The standard InChI is InChI=1S/C23H26FN6O2PS2/c1-11(2)9-13(10-31)27-20-18-21(28-22(35-18)14-6-8-33-17(14)19(25)32)30-23(29-20)34-12(3)16-15(24)5-4-7-26-16/h4-8,11-13,31,33H,9-10H2,1-3H3,(H2,25,32)(H,27,29,30)/t12?,13-/m1/s1. The van der Waals surface area contributed by atoms with E-state index in [0.717, 1.165) is 6.42 Å². The molecule has 0 radical (unpaired) electrons. The van der Waals surface area contributed by atoms with Gasteiger partial charge in [-0.1, -0.05) is 25.6 Å². The van der Waals surface area contributed by atoms with Crippen molar-refractivity contribution in [3.63, 3.8) is 0 Å². The van der Waals surface area contributed by atoms with Gasteiger partial charge in [0, 0.05) is 11.8 Å². The van der Waals surface area contributed by atoms with Crippen LogP contribution in [-0.2, 0) is 0 Å². The summed E-state index contributed by atoms with van der Waals surface area (Å²) in [6.45, 7) is 5.95. The Hall–Kier alpha value is -2.59. The molecule has 0 aromatic carbocycles. The molecule has 184 valence electrons. The minimum Gasteiger partial charge on any atom is -0.394 e. The Morgan fingerprint density at radius 1 is 1.29 bits per heavy atom. The lowest BCUT2D eigenvalue weighted by atomic mass is 10.0. The van der Waals surface area contributed by atoms with Crippen LogP contribution >= 0.6 is 31.3 Å². The number of amides is 1. The van der Waals surface area contributed by atoms with Crippen molar-refractivity contribution in [2.45, 2.75) is 43.6 Å². The summed E-state index contributed by atoms with van der Waals surface area (Å²) in [5.74, 6) is 1.95. The Labute approximate surface area is 212 Å². The van der Waals surface area contributed by atoms with Crippen molar-refractivity contribution in [3.8, 4) is 10.6 Å². The van der Waals surface area contributed by atoms with Crippen LogP contribution in [0.3, 0.4) is 0 Å². The molecule has 0 spiro atoms. The van der Waals surface area contributed by atoms with E-state index in [1.165, 1.54) is 29.2 Å². The summed E-state index contributed by atoms with van der Waals surface area (Å²) in [4.78, 5) is 30.1. The van der Waals surface area contributed by atoms with E-state index in [4.69, 9.17) is 10.7 Å². The topological polar surface area (TPSA) is 127 Å². The third kappa shape index (κ3) is 5.81. The van der Waals surface area contributed by atoms with Gasteiger partial charge in [0.2, 0.25) is 0 Å². The Kier molecular flexibility index (Phi) is 8.01. The number of thiazole rings is 1. The molecular weight excluding hydrogens is 506 g/mol. The number of primary amides is 1. The van der Waals surface area contributed by atoms with Gasteiger partial charge in [0.15, 0.2) is 16.6 Å². The highest BCUT2D eigenvalue weighted by atomic mass is 32.2. The van der Waals surface area contributed by atoms with Gasteiger partial charge in [0.05, 0.1) is 28.9 Å². The summed E-state index contributed by atoms with van der Waals surface area (Å²) in [5, 5.41) is 14.5. The van der Waals surface area contributed by atoms with Gasteiger partial charge in [-0.3, -0.25) is 9.78 Å². The molecule has 8 nitrogen and oxygen atoms in total. The number of carbonyl (C=O) groups is 1.